The third-order valence-corrected chi connectivity index (χ3v) is 1.89. The number of amides is 2. The number of rotatable bonds is 3. The maximum absolute atomic E-state index is 10.7. The minimum absolute atomic E-state index is 0.588. The van der Waals surface area contributed by atoms with Gasteiger partial charge >= 0.3 is 6.03 Å². The molecular weight excluding hydrogens is 206 g/mol. The summed E-state index contributed by atoms with van der Waals surface area (Å²) in [6, 6.07) is 6.58. The lowest BCUT2D eigenvalue weighted by Gasteiger charge is -2.06. The summed E-state index contributed by atoms with van der Waals surface area (Å²) in [4.78, 5) is 17.6. The van der Waals surface area contributed by atoms with Crippen LogP contribution in [0.1, 0.15) is 0 Å². The molecule has 0 unspecified atom stereocenters. The molecule has 6 nitrogen and oxygen atoms in total. The van der Waals surface area contributed by atoms with Gasteiger partial charge in [-0.3, -0.25) is 0 Å². The van der Waals surface area contributed by atoms with Crippen LogP contribution in [-0.2, 0) is 0 Å². The van der Waals surface area contributed by atoms with E-state index in [0.29, 0.717) is 11.6 Å². The van der Waals surface area contributed by atoms with E-state index < -0.39 is 6.03 Å². The molecule has 0 aliphatic rings. The van der Waals surface area contributed by atoms with Crippen LogP contribution in [0.25, 0.3) is 0 Å². The first-order valence-corrected chi connectivity index (χ1v) is 4.67. The Morgan fingerprint density at radius 2 is 2.19 bits per heavy atom. The van der Waals surface area contributed by atoms with Gasteiger partial charge in [0.2, 0.25) is 5.95 Å². The van der Waals surface area contributed by atoms with Crippen molar-refractivity contribution in [3.63, 3.8) is 0 Å². The fraction of sp³-hybridized carbons (Fsp3) is 0. The second-order valence-electron chi connectivity index (χ2n) is 3.13. The van der Waals surface area contributed by atoms with E-state index in [2.05, 4.69) is 20.6 Å². The Hall–Kier alpha value is -2.50. The van der Waals surface area contributed by atoms with Crippen LogP contribution in [-0.4, -0.2) is 16.0 Å². The van der Waals surface area contributed by atoms with Crippen molar-refractivity contribution in [1.29, 1.82) is 0 Å². The minimum atomic E-state index is -0.588. The van der Waals surface area contributed by atoms with Crippen LogP contribution in [0.2, 0.25) is 0 Å². The molecule has 1 heterocycles. The number of nitrogens with two attached hydrogens (primary N) is 1. The average molecular weight is 217 g/mol. The molecular formula is C10H11N5O. The summed E-state index contributed by atoms with van der Waals surface area (Å²) >= 11 is 0. The Balaban J connectivity index is 2.13. The number of imidazole rings is 1. The zero-order chi connectivity index (χ0) is 11.4. The largest absolute Gasteiger partial charge is 0.351 e. The summed E-state index contributed by atoms with van der Waals surface area (Å²) in [5.41, 5.74) is 6.46. The Labute approximate surface area is 91.9 Å². The molecule has 2 rings (SSSR count). The van der Waals surface area contributed by atoms with Crippen molar-refractivity contribution in [2.45, 2.75) is 0 Å². The van der Waals surface area contributed by atoms with Gasteiger partial charge in [-0.25, -0.2) is 9.78 Å². The first-order chi connectivity index (χ1) is 7.74. The summed E-state index contributed by atoms with van der Waals surface area (Å²) in [5, 5.41) is 5.53. The normalized spacial score (nSPS) is 9.75. The minimum Gasteiger partial charge on any atom is -0.351 e. The average Bonchev–Trinajstić information content (AvgIpc) is 2.70. The number of nitrogens with one attached hydrogen (secondary N) is 3. The topological polar surface area (TPSA) is 95.8 Å². The quantitative estimate of drug-likeness (QED) is 0.629. The third-order valence-electron chi connectivity index (χ3n) is 1.89. The Kier molecular flexibility index (Phi) is 2.73. The molecule has 5 N–H and O–H groups in total. The predicted molar refractivity (Wildman–Crippen MR) is 61.5 cm³/mol. The number of anilines is 3. The van der Waals surface area contributed by atoms with Gasteiger partial charge in [0.05, 0.1) is 0 Å². The number of urea groups is 1. The molecule has 16 heavy (non-hydrogen) atoms. The van der Waals surface area contributed by atoms with Crippen molar-refractivity contribution in [1.82, 2.24) is 9.97 Å². The number of nitrogens with zero attached hydrogens (tertiary/aromatic N) is 1. The van der Waals surface area contributed by atoms with E-state index in [1.54, 1.807) is 30.6 Å². The van der Waals surface area contributed by atoms with Crippen molar-refractivity contribution in [3.8, 4) is 0 Å². The third kappa shape index (κ3) is 2.50. The molecule has 0 aliphatic heterocycles. The highest BCUT2D eigenvalue weighted by molar-refractivity contribution is 5.88. The van der Waals surface area contributed by atoms with Gasteiger partial charge < -0.3 is 21.4 Å². The predicted octanol–water partition coefficient (Wildman–Crippen LogP) is 1.64. The van der Waals surface area contributed by atoms with E-state index in [1.165, 1.54) is 0 Å². The van der Waals surface area contributed by atoms with E-state index in [9.17, 15) is 4.79 Å². The molecule has 6 heteroatoms. The van der Waals surface area contributed by atoms with E-state index in [4.69, 9.17) is 5.73 Å². The molecule has 0 fully saturated rings. The van der Waals surface area contributed by atoms with Gasteiger partial charge in [0.1, 0.15) is 0 Å². The summed E-state index contributed by atoms with van der Waals surface area (Å²) < 4.78 is 0. The van der Waals surface area contributed by atoms with Crippen molar-refractivity contribution in [2.24, 2.45) is 5.73 Å². The number of hydrogen-bond acceptors (Lipinski definition) is 3. The first kappa shape index (κ1) is 10.0. The number of aromatic nitrogens is 2. The molecule has 0 atom stereocenters. The Morgan fingerprint density at radius 3 is 2.88 bits per heavy atom. The number of benzene rings is 1. The van der Waals surface area contributed by atoms with Crippen LogP contribution in [0.15, 0.2) is 36.7 Å². The fourth-order valence-corrected chi connectivity index (χ4v) is 1.29. The lowest BCUT2D eigenvalue weighted by atomic mass is 10.3. The Bertz CT molecular complexity index is 480. The van der Waals surface area contributed by atoms with Crippen molar-refractivity contribution in [2.75, 3.05) is 10.6 Å². The van der Waals surface area contributed by atoms with Crippen LogP contribution in [0, 0.1) is 0 Å². The van der Waals surface area contributed by atoms with Gasteiger partial charge in [-0.15, -0.1) is 0 Å². The van der Waals surface area contributed by atoms with Gasteiger partial charge in [-0.1, -0.05) is 6.07 Å². The van der Waals surface area contributed by atoms with Gasteiger partial charge in [-0.2, -0.15) is 0 Å². The van der Waals surface area contributed by atoms with Gasteiger partial charge in [-0.05, 0) is 18.2 Å². The number of aromatic amines is 1. The molecule has 82 valence electrons. The second kappa shape index (κ2) is 4.35. The number of H-pyrrole nitrogens is 1. The molecule has 0 saturated carbocycles. The second-order valence-corrected chi connectivity index (χ2v) is 3.13. The van der Waals surface area contributed by atoms with Crippen molar-refractivity contribution < 1.29 is 4.79 Å². The van der Waals surface area contributed by atoms with E-state index in [0.717, 1.165) is 5.69 Å². The summed E-state index contributed by atoms with van der Waals surface area (Å²) in [6.07, 6.45) is 3.36. The lowest BCUT2D eigenvalue weighted by Crippen LogP contribution is -2.19. The highest BCUT2D eigenvalue weighted by atomic mass is 16.2. The molecule has 0 aliphatic carbocycles. The standard InChI is InChI=1S/C10H11N5O/c11-9(16)14-7-2-1-3-8(6-7)15-10-12-4-5-13-10/h1-6H,(H3,11,14,16)(H2,12,13,15). The zero-order valence-electron chi connectivity index (χ0n) is 8.40. The summed E-state index contributed by atoms with van der Waals surface area (Å²) in [5.74, 6) is 0.635. The van der Waals surface area contributed by atoms with Gasteiger partial charge in [0.25, 0.3) is 0 Å². The molecule has 1 aromatic heterocycles. The van der Waals surface area contributed by atoms with E-state index >= 15 is 0 Å². The van der Waals surface area contributed by atoms with Crippen LogP contribution >= 0.6 is 0 Å². The number of hydrogen-bond donors (Lipinski definition) is 4. The van der Waals surface area contributed by atoms with Gasteiger partial charge in [0.15, 0.2) is 0 Å². The summed E-state index contributed by atoms with van der Waals surface area (Å²) in [7, 11) is 0. The number of carbonyl (C=O) groups excluding carboxylic acids is 1. The zero-order valence-corrected chi connectivity index (χ0v) is 8.40. The van der Waals surface area contributed by atoms with E-state index in [-0.39, 0.29) is 0 Å². The van der Waals surface area contributed by atoms with Crippen LogP contribution < -0.4 is 16.4 Å². The van der Waals surface area contributed by atoms with Crippen molar-refractivity contribution >= 4 is 23.4 Å². The lowest BCUT2D eigenvalue weighted by molar-refractivity contribution is 0.259. The molecule has 2 amide bonds. The monoisotopic (exact) mass is 217 g/mol. The molecule has 1 aromatic carbocycles. The fourth-order valence-electron chi connectivity index (χ4n) is 1.29. The number of carbonyl (C=O) groups is 1. The highest BCUT2D eigenvalue weighted by Crippen LogP contribution is 2.17. The van der Waals surface area contributed by atoms with Crippen LogP contribution in [0.3, 0.4) is 0 Å². The first-order valence-electron chi connectivity index (χ1n) is 4.67. The van der Waals surface area contributed by atoms with Gasteiger partial charge in [0, 0.05) is 23.8 Å². The van der Waals surface area contributed by atoms with Crippen molar-refractivity contribution in [3.05, 3.63) is 36.7 Å². The SMILES string of the molecule is NC(=O)Nc1cccc(Nc2ncc[nH]2)c1. The molecule has 0 radical (unpaired) electrons. The van der Waals surface area contributed by atoms with Crippen LogP contribution in [0.4, 0.5) is 22.1 Å². The molecule has 2 aromatic rings. The molecule has 0 bridgehead atoms. The smallest absolute Gasteiger partial charge is 0.316 e. The molecule has 0 spiro atoms. The maximum atomic E-state index is 10.7. The summed E-state index contributed by atoms with van der Waals surface area (Å²) in [6.45, 7) is 0. The Morgan fingerprint density at radius 1 is 1.38 bits per heavy atom. The molecule has 0 saturated heterocycles. The van der Waals surface area contributed by atoms with Crippen LogP contribution in [0.5, 0.6) is 0 Å². The number of primary amides is 1. The highest BCUT2D eigenvalue weighted by Gasteiger charge is 1.99. The van der Waals surface area contributed by atoms with E-state index in [1.807, 2.05) is 6.07 Å². The maximum Gasteiger partial charge on any atom is 0.316 e.